The number of hydrogen-bond acceptors (Lipinski definition) is 8. The largest absolute Gasteiger partial charge is 0.493 e. The van der Waals surface area contributed by atoms with E-state index >= 15 is 0 Å². The average molecular weight is 718 g/mol. The molecule has 0 fully saturated rings. The zero-order valence-corrected chi connectivity index (χ0v) is 26.4. The molecule has 0 spiro atoms. The third-order valence-electron chi connectivity index (χ3n) is 6.12. The van der Waals surface area contributed by atoms with Crippen molar-refractivity contribution in [2.24, 2.45) is 10.2 Å². The molecule has 0 unspecified atom stereocenters. The van der Waals surface area contributed by atoms with Gasteiger partial charge in [0.1, 0.15) is 11.5 Å². The van der Waals surface area contributed by atoms with Gasteiger partial charge < -0.3 is 9.47 Å². The van der Waals surface area contributed by atoms with Gasteiger partial charge in [-0.25, -0.2) is 20.8 Å². The predicted molar refractivity (Wildman–Crippen MR) is 177 cm³/mol. The first kappa shape index (κ1) is 30.8. The van der Waals surface area contributed by atoms with E-state index in [1.54, 1.807) is 12.1 Å². The minimum absolute atomic E-state index is 0.147. The van der Waals surface area contributed by atoms with Crippen LogP contribution in [0.3, 0.4) is 0 Å². The van der Waals surface area contributed by atoms with Gasteiger partial charge in [0, 0.05) is 19.7 Å². The molecule has 2 N–H and O–H groups in total. The van der Waals surface area contributed by atoms with Gasteiger partial charge in [0.15, 0.2) is 0 Å². The van der Waals surface area contributed by atoms with E-state index in [1.807, 2.05) is 72.8 Å². The van der Waals surface area contributed by atoms with E-state index in [2.05, 4.69) is 52.9 Å². The minimum atomic E-state index is -0.280. The predicted octanol–water partition coefficient (Wildman–Crippen LogP) is 6.15. The Bertz CT molecular complexity index is 1730. The summed E-state index contributed by atoms with van der Waals surface area (Å²) in [6, 6.07) is 26.2. The number of carbonyl (C=O) groups excluding carboxylic acids is 2. The van der Waals surface area contributed by atoms with Crippen LogP contribution in [0.2, 0.25) is 0 Å². The summed E-state index contributed by atoms with van der Waals surface area (Å²) in [7, 11) is 0. The molecule has 0 aliphatic rings. The van der Waals surface area contributed by atoms with Crippen LogP contribution in [-0.4, -0.2) is 47.4 Å². The normalized spacial score (nSPS) is 11.3. The van der Waals surface area contributed by atoms with E-state index in [1.165, 1.54) is 12.4 Å². The van der Waals surface area contributed by atoms with Gasteiger partial charge in [-0.3, -0.25) is 9.59 Å². The molecule has 222 valence electrons. The smallest absolute Gasteiger partial charge is 0.243 e. The Labute approximate surface area is 269 Å². The van der Waals surface area contributed by atoms with Crippen molar-refractivity contribution in [3.8, 4) is 11.5 Å². The zero-order chi connectivity index (χ0) is 30.7. The molecule has 5 aromatic rings. The summed E-state index contributed by atoms with van der Waals surface area (Å²) in [6.45, 7) is 0.444. The summed E-state index contributed by atoms with van der Waals surface area (Å²) in [5, 5.41) is 9.87. The summed E-state index contributed by atoms with van der Waals surface area (Å²) in [6.07, 6.45) is 3.25. The Balaban J connectivity index is 1.16. The zero-order valence-electron chi connectivity index (χ0n) is 23.2. The summed E-state index contributed by atoms with van der Waals surface area (Å²) < 4.78 is 13.0. The molecule has 0 atom stereocenters. The maximum absolute atomic E-state index is 12.2. The van der Waals surface area contributed by atoms with Gasteiger partial charge in [0.2, 0.25) is 11.8 Å². The van der Waals surface area contributed by atoms with E-state index in [4.69, 9.17) is 19.4 Å². The Hall–Kier alpha value is -4.68. The number of benzene rings is 3. The number of hydrazone groups is 2. The third-order valence-corrected chi connectivity index (χ3v) is 7.11. The number of halogens is 2. The fraction of sp³-hybridized carbons (Fsp3) is 0.125. The topological polar surface area (TPSA) is 127 Å². The second-order valence-corrected chi connectivity index (χ2v) is 11.2. The molecule has 5 rings (SSSR count). The monoisotopic (exact) mass is 716 g/mol. The number of nitrogens with one attached hydrogen (secondary N) is 2. The van der Waals surface area contributed by atoms with E-state index in [0.717, 1.165) is 19.7 Å². The molecule has 0 saturated carbocycles. The van der Waals surface area contributed by atoms with Gasteiger partial charge >= 0.3 is 0 Å². The van der Waals surface area contributed by atoms with Crippen molar-refractivity contribution in [3.63, 3.8) is 0 Å². The van der Waals surface area contributed by atoms with Gasteiger partial charge in [0.05, 0.1) is 60.9 Å². The lowest BCUT2D eigenvalue weighted by atomic mass is 10.1. The molecule has 0 aliphatic heterocycles. The van der Waals surface area contributed by atoms with Crippen LogP contribution in [0.1, 0.15) is 24.2 Å². The van der Waals surface area contributed by atoms with Gasteiger partial charge in [0.25, 0.3) is 0 Å². The first-order valence-electron chi connectivity index (χ1n) is 13.5. The average Bonchev–Trinajstić information content (AvgIpc) is 3.01. The van der Waals surface area contributed by atoms with Crippen LogP contribution in [0.15, 0.2) is 104 Å². The van der Waals surface area contributed by atoms with E-state index in [0.29, 0.717) is 33.9 Å². The number of rotatable bonds is 12. The first-order chi connectivity index (χ1) is 21.4. The molecule has 10 nitrogen and oxygen atoms in total. The van der Waals surface area contributed by atoms with E-state index in [9.17, 15) is 9.59 Å². The lowest BCUT2D eigenvalue weighted by Gasteiger charge is -2.06. The van der Waals surface area contributed by atoms with Gasteiger partial charge in [-0.05, 0) is 48.5 Å². The lowest BCUT2D eigenvalue weighted by Crippen LogP contribution is -2.20. The van der Waals surface area contributed by atoms with Crippen molar-refractivity contribution in [1.82, 2.24) is 20.8 Å². The number of pyridine rings is 2. The maximum atomic E-state index is 12.2. The van der Waals surface area contributed by atoms with E-state index < -0.39 is 0 Å². The summed E-state index contributed by atoms with van der Waals surface area (Å²) in [5.74, 6) is 0.790. The second-order valence-electron chi connectivity index (χ2n) is 9.38. The number of amides is 2. The molecule has 2 amide bonds. The molecule has 0 bridgehead atoms. The summed E-state index contributed by atoms with van der Waals surface area (Å²) in [5.41, 5.74) is 7.45. The molecule has 0 saturated heterocycles. The number of hydrogen-bond donors (Lipinski definition) is 2. The van der Waals surface area contributed by atoms with E-state index in [-0.39, 0.29) is 37.9 Å². The minimum Gasteiger partial charge on any atom is -0.493 e. The molecule has 44 heavy (non-hydrogen) atoms. The molecular weight excluding hydrogens is 692 g/mol. The second kappa shape index (κ2) is 15.2. The molecule has 2 heterocycles. The van der Waals surface area contributed by atoms with Crippen LogP contribution < -0.4 is 20.3 Å². The van der Waals surface area contributed by atoms with Gasteiger partial charge in [-0.1, -0.05) is 68.3 Å². The fourth-order valence-corrected chi connectivity index (χ4v) is 4.79. The molecule has 12 heteroatoms. The highest BCUT2D eigenvalue weighted by atomic mass is 79.9. The van der Waals surface area contributed by atoms with Crippen molar-refractivity contribution in [1.29, 1.82) is 0 Å². The lowest BCUT2D eigenvalue weighted by molar-refractivity contribution is -0.122. The Morgan fingerprint density at radius 3 is 1.52 bits per heavy atom. The Kier molecular flexibility index (Phi) is 10.6. The number of carbonyl (C=O) groups is 2. The fourth-order valence-electron chi connectivity index (χ4n) is 4.03. The molecule has 3 aromatic carbocycles. The van der Waals surface area contributed by atoms with Crippen LogP contribution in [0.25, 0.3) is 21.8 Å². The molecule has 2 aromatic heterocycles. The van der Waals surface area contributed by atoms with Crippen LogP contribution in [-0.2, 0) is 9.59 Å². The summed E-state index contributed by atoms with van der Waals surface area (Å²) >= 11 is 6.77. The maximum Gasteiger partial charge on any atom is 0.243 e. The third kappa shape index (κ3) is 8.91. The van der Waals surface area contributed by atoms with Crippen molar-refractivity contribution in [2.75, 3.05) is 13.2 Å². The van der Waals surface area contributed by atoms with Crippen LogP contribution in [0, 0.1) is 0 Å². The van der Waals surface area contributed by atoms with Gasteiger partial charge in [-0.15, -0.1) is 0 Å². The molecular formula is C32H26Br2N6O4. The van der Waals surface area contributed by atoms with Crippen LogP contribution in [0.5, 0.6) is 11.5 Å². The number of ether oxygens (including phenoxy) is 2. The first-order valence-corrected chi connectivity index (χ1v) is 15.1. The Morgan fingerprint density at radius 1 is 0.659 bits per heavy atom. The van der Waals surface area contributed by atoms with Crippen LogP contribution in [0.4, 0.5) is 0 Å². The highest BCUT2D eigenvalue weighted by Crippen LogP contribution is 2.23. The van der Waals surface area contributed by atoms with Crippen molar-refractivity contribution in [2.45, 2.75) is 12.8 Å². The van der Waals surface area contributed by atoms with Crippen LogP contribution >= 0.6 is 31.9 Å². The quantitative estimate of drug-likeness (QED) is 0.0907. The molecule has 0 aliphatic carbocycles. The number of fused-ring (bicyclic) bond motifs is 3. The van der Waals surface area contributed by atoms with Crippen molar-refractivity contribution >= 4 is 77.9 Å². The Morgan fingerprint density at radius 2 is 1.09 bits per heavy atom. The van der Waals surface area contributed by atoms with Crippen molar-refractivity contribution in [3.05, 3.63) is 105 Å². The highest BCUT2D eigenvalue weighted by molar-refractivity contribution is 9.10. The molecule has 0 radical (unpaired) electrons. The standard InChI is InChI=1S/C32H26Br2N6O4/c33-23-3-1-5-27(17-23)43-15-13-29(41)39-35-19-25-11-9-21-7-8-22-10-12-26(38-32(22)31(21)37-25)20-36-40-30(42)14-16-44-28-6-2-4-24(34)18-28/h1-12,17-20H,13-16H2,(H,39,41)(H,40,42)/b35-19-,36-20-. The highest BCUT2D eigenvalue weighted by Gasteiger charge is 2.07. The van der Waals surface area contributed by atoms with Crippen molar-refractivity contribution < 1.29 is 19.1 Å². The number of nitrogens with zero attached hydrogens (tertiary/aromatic N) is 4. The number of aromatic nitrogens is 2. The SMILES string of the molecule is O=C(CCOc1cccc(Br)c1)N/N=C\c1ccc2ccc3ccc(/C=N\NC(=O)CCOc4cccc(Br)c4)nc3c2n1. The van der Waals surface area contributed by atoms with Gasteiger partial charge in [-0.2, -0.15) is 10.2 Å². The summed E-state index contributed by atoms with van der Waals surface area (Å²) in [4.78, 5) is 33.8.